The Hall–Kier alpha value is -0.620. The molecule has 0 aromatic heterocycles. The zero-order valence-electron chi connectivity index (χ0n) is 8.22. The molecule has 6 nitrogen and oxygen atoms in total. The Bertz CT molecular complexity index is 198. The second-order valence-corrected chi connectivity index (χ2v) is 4.01. The van der Waals surface area contributed by atoms with Gasteiger partial charge in [0.1, 0.15) is 0 Å². The minimum atomic E-state index is -0.798. The molecule has 0 bridgehead atoms. The number of hydrogen-bond donors (Lipinski definition) is 0. The van der Waals surface area contributed by atoms with Crippen molar-refractivity contribution in [3.8, 4) is 0 Å². The Morgan fingerprint density at radius 2 is 1.93 bits per heavy atom. The maximum Gasteiger partial charge on any atom is 0.0700 e. The van der Waals surface area contributed by atoms with Crippen LogP contribution in [0.4, 0.5) is 0 Å². The smallest absolute Gasteiger partial charge is 0.0700 e. The van der Waals surface area contributed by atoms with Gasteiger partial charge in [-0.3, -0.25) is 4.21 Å². The number of ether oxygens (including phenoxy) is 2. The zero-order chi connectivity index (χ0) is 10.6. The van der Waals surface area contributed by atoms with Crippen LogP contribution in [0.15, 0.2) is 5.11 Å². The van der Waals surface area contributed by atoms with Crippen LogP contribution >= 0.6 is 0 Å². The minimum absolute atomic E-state index is 0.343. The zero-order valence-corrected chi connectivity index (χ0v) is 9.03. The SMILES string of the molecule is C[S@](=O)CCOCCOCCN=[N+]=[N-]. The van der Waals surface area contributed by atoms with Gasteiger partial charge in [0.25, 0.3) is 0 Å². The fraction of sp³-hybridized carbons (Fsp3) is 1.00. The maximum absolute atomic E-state index is 10.6. The standard InChI is InChI=1S/C7H15N3O3S/c1-14(11)7-6-13-5-4-12-3-2-9-10-8/h2-7H2,1H3/t14-/m0/s1. The molecule has 1 atom stereocenters. The quantitative estimate of drug-likeness (QED) is 0.249. The van der Waals surface area contributed by atoms with Crippen LogP contribution in [-0.4, -0.2) is 49.2 Å². The van der Waals surface area contributed by atoms with E-state index in [1.165, 1.54) is 0 Å². The summed E-state index contributed by atoms with van der Waals surface area (Å²) >= 11 is 0. The second kappa shape index (κ2) is 10.5. The average molecular weight is 221 g/mol. The first-order chi connectivity index (χ1) is 6.77. The van der Waals surface area contributed by atoms with Crippen LogP contribution in [0.25, 0.3) is 10.4 Å². The Morgan fingerprint density at radius 1 is 1.29 bits per heavy atom. The monoisotopic (exact) mass is 221 g/mol. The van der Waals surface area contributed by atoms with Crippen LogP contribution < -0.4 is 0 Å². The van der Waals surface area contributed by atoms with Gasteiger partial charge in [-0.15, -0.1) is 0 Å². The molecular weight excluding hydrogens is 206 g/mol. The molecule has 0 aliphatic heterocycles. The molecule has 0 aliphatic carbocycles. The number of azide groups is 1. The molecule has 0 aliphatic rings. The van der Waals surface area contributed by atoms with E-state index in [0.717, 1.165) is 0 Å². The van der Waals surface area contributed by atoms with E-state index >= 15 is 0 Å². The molecule has 0 saturated heterocycles. The molecule has 7 heteroatoms. The molecular formula is C7H15N3O3S. The molecule has 0 rings (SSSR count). The summed E-state index contributed by atoms with van der Waals surface area (Å²) in [6.45, 7) is 2.19. The highest BCUT2D eigenvalue weighted by atomic mass is 32.2. The molecule has 0 aromatic carbocycles. The summed E-state index contributed by atoms with van der Waals surface area (Å²) < 4.78 is 20.8. The van der Waals surface area contributed by atoms with Crippen LogP contribution in [0.3, 0.4) is 0 Å². The summed E-state index contributed by atoms with van der Waals surface area (Å²) in [7, 11) is -0.798. The third-order valence-electron chi connectivity index (χ3n) is 1.29. The van der Waals surface area contributed by atoms with E-state index in [2.05, 4.69) is 10.0 Å². The van der Waals surface area contributed by atoms with Gasteiger partial charge in [-0.1, -0.05) is 5.11 Å². The third kappa shape index (κ3) is 11.4. The van der Waals surface area contributed by atoms with Gasteiger partial charge in [-0.2, -0.15) is 0 Å². The normalized spacial score (nSPS) is 12.1. The highest BCUT2D eigenvalue weighted by molar-refractivity contribution is 7.84. The highest BCUT2D eigenvalue weighted by Crippen LogP contribution is 1.82. The summed E-state index contributed by atoms with van der Waals surface area (Å²) in [6, 6.07) is 0. The second-order valence-electron chi connectivity index (χ2n) is 2.46. The van der Waals surface area contributed by atoms with Crippen LogP contribution in [0.1, 0.15) is 0 Å². The Labute approximate surface area is 85.7 Å². The van der Waals surface area contributed by atoms with Gasteiger partial charge in [-0.25, -0.2) is 0 Å². The van der Waals surface area contributed by atoms with Crippen molar-refractivity contribution < 1.29 is 13.7 Å². The summed E-state index contributed by atoms with van der Waals surface area (Å²) in [5, 5.41) is 3.30. The van der Waals surface area contributed by atoms with Gasteiger partial charge in [0.2, 0.25) is 0 Å². The molecule has 82 valence electrons. The van der Waals surface area contributed by atoms with E-state index in [-0.39, 0.29) is 0 Å². The van der Waals surface area contributed by atoms with Crippen LogP contribution in [0.2, 0.25) is 0 Å². The van der Waals surface area contributed by atoms with Crippen molar-refractivity contribution in [1.29, 1.82) is 0 Å². The van der Waals surface area contributed by atoms with E-state index in [0.29, 0.717) is 38.7 Å². The average Bonchev–Trinajstić information content (AvgIpc) is 2.15. The Balaban J connectivity index is 2.99. The van der Waals surface area contributed by atoms with Crippen molar-refractivity contribution in [2.24, 2.45) is 5.11 Å². The molecule has 0 saturated carbocycles. The molecule has 14 heavy (non-hydrogen) atoms. The largest absolute Gasteiger partial charge is 0.379 e. The lowest BCUT2D eigenvalue weighted by molar-refractivity contribution is 0.0569. The van der Waals surface area contributed by atoms with Crippen molar-refractivity contribution >= 4 is 10.8 Å². The van der Waals surface area contributed by atoms with Gasteiger partial charge in [0.05, 0.1) is 26.4 Å². The van der Waals surface area contributed by atoms with Gasteiger partial charge < -0.3 is 9.47 Å². The van der Waals surface area contributed by atoms with Gasteiger partial charge >= 0.3 is 0 Å². The van der Waals surface area contributed by atoms with Crippen molar-refractivity contribution in [3.05, 3.63) is 10.4 Å². The molecule has 0 spiro atoms. The molecule has 0 amide bonds. The first kappa shape index (κ1) is 13.4. The molecule has 0 heterocycles. The van der Waals surface area contributed by atoms with Gasteiger partial charge in [0, 0.05) is 34.3 Å². The lowest BCUT2D eigenvalue weighted by Crippen LogP contribution is -2.10. The lowest BCUT2D eigenvalue weighted by atomic mass is 10.7. The highest BCUT2D eigenvalue weighted by Gasteiger charge is 1.92. The van der Waals surface area contributed by atoms with Crippen LogP contribution in [0.5, 0.6) is 0 Å². The van der Waals surface area contributed by atoms with Crippen LogP contribution in [0, 0.1) is 0 Å². The molecule has 0 aromatic rings. The number of hydrogen-bond acceptors (Lipinski definition) is 4. The first-order valence-corrected chi connectivity index (χ1v) is 5.96. The van der Waals surface area contributed by atoms with Gasteiger partial charge in [0.15, 0.2) is 0 Å². The third-order valence-corrected chi connectivity index (χ3v) is 2.03. The summed E-state index contributed by atoms with van der Waals surface area (Å²) in [4.78, 5) is 2.58. The van der Waals surface area contributed by atoms with Crippen molar-refractivity contribution in [3.63, 3.8) is 0 Å². The fourth-order valence-corrected chi connectivity index (χ4v) is 1.00. The van der Waals surface area contributed by atoms with E-state index in [1.807, 2.05) is 0 Å². The van der Waals surface area contributed by atoms with Crippen molar-refractivity contribution in [2.45, 2.75) is 0 Å². The molecule has 0 fully saturated rings. The number of nitrogens with zero attached hydrogens (tertiary/aromatic N) is 3. The van der Waals surface area contributed by atoms with Crippen molar-refractivity contribution in [1.82, 2.24) is 0 Å². The predicted octanol–water partition coefficient (Wildman–Crippen LogP) is 0.708. The number of rotatable bonds is 9. The minimum Gasteiger partial charge on any atom is -0.379 e. The van der Waals surface area contributed by atoms with Crippen LogP contribution in [-0.2, 0) is 20.3 Å². The maximum atomic E-state index is 10.6. The molecule has 0 unspecified atom stereocenters. The first-order valence-electron chi connectivity index (χ1n) is 4.23. The van der Waals surface area contributed by atoms with E-state index in [1.54, 1.807) is 6.26 Å². The topological polar surface area (TPSA) is 84.3 Å². The Morgan fingerprint density at radius 3 is 2.50 bits per heavy atom. The summed E-state index contributed by atoms with van der Waals surface area (Å²) in [5.74, 6) is 0.554. The van der Waals surface area contributed by atoms with E-state index < -0.39 is 10.8 Å². The molecule has 0 radical (unpaired) electrons. The van der Waals surface area contributed by atoms with Crippen molar-refractivity contribution in [2.75, 3.05) is 45.0 Å². The van der Waals surface area contributed by atoms with E-state index in [9.17, 15) is 4.21 Å². The lowest BCUT2D eigenvalue weighted by Gasteiger charge is -2.03. The predicted molar refractivity (Wildman–Crippen MR) is 54.6 cm³/mol. The fourth-order valence-electron chi connectivity index (χ4n) is 0.648. The molecule has 0 N–H and O–H groups in total. The summed E-state index contributed by atoms with van der Waals surface area (Å²) in [5.41, 5.74) is 7.94. The summed E-state index contributed by atoms with van der Waals surface area (Å²) in [6.07, 6.45) is 1.64. The van der Waals surface area contributed by atoms with E-state index in [4.69, 9.17) is 15.0 Å². The van der Waals surface area contributed by atoms with Gasteiger partial charge in [-0.05, 0) is 5.53 Å². The Kier molecular flexibility index (Phi) is 10.00.